The SMILES string of the molecule is CC12CCC(c3c(COC(=O)c4ccc(Cl)cc4Cl)nn(-c4ccccc4)c31)C2(C)C. The number of benzene rings is 2. The van der Waals surface area contributed by atoms with Gasteiger partial charge in [-0.05, 0) is 54.5 Å². The van der Waals surface area contributed by atoms with Gasteiger partial charge in [0, 0.05) is 16.0 Å². The van der Waals surface area contributed by atoms with E-state index in [0.29, 0.717) is 16.5 Å². The van der Waals surface area contributed by atoms with Crippen molar-refractivity contribution in [2.45, 2.75) is 51.6 Å². The van der Waals surface area contributed by atoms with E-state index in [0.717, 1.165) is 24.2 Å². The molecule has 0 spiro atoms. The van der Waals surface area contributed by atoms with Crippen molar-refractivity contribution in [1.29, 1.82) is 0 Å². The van der Waals surface area contributed by atoms with E-state index in [1.807, 2.05) is 18.2 Å². The number of hydrogen-bond acceptors (Lipinski definition) is 3. The van der Waals surface area contributed by atoms with Gasteiger partial charge in [0.1, 0.15) is 12.3 Å². The standard InChI is InChI=1S/C25H24Cl2N2O2/c1-24(2)18-11-12-25(24,3)22-21(18)20(28-29(22)16-7-5-4-6-8-16)14-31-23(30)17-10-9-15(26)13-19(17)27/h4-10,13,18H,11-12,14H2,1-3H3. The molecule has 2 aliphatic rings. The lowest BCUT2D eigenvalue weighted by Gasteiger charge is -2.35. The Labute approximate surface area is 192 Å². The second-order valence-corrected chi connectivity index (χ2v) is 10.1. The molecule has 1 fully saturated rings. The van der Waals surface area contributed by atoms with Crippen molar-refractivity contribution in [2.24, 2.45) is 5.41 Å². The number of nitrogens with zero attached hydrogens (tertiary/aromatic N) is 2. The number of rotatable bonds is 4. The van der Waals surface area contributed by atoms with Crippen LogP contribution in [0.25, 0.3) is 5.69 Å². The third kappa shape index (κ3) is 2.95. The molecule has 0 N–H and O–H groups in total. The molecule has 0 radical (unpaired) electrons. The normalized spacial score (nSPS) is 23.1. The van der Waals surface area contributed by atoms with Crippen molar-refractivity contribution in [3.63, 3.8) is 0 Å². The van der Waals surface area contributed by atoms with Crippen molar-refractivity contribution in [1.82, 2.24) is 9.78 Å². The third-order valence-electron chi connectivity index (χ3n) is 7.59. The monoisotopic (exact) mass is 454 g/mol. The van der Waals surface area contributed by atoms with E-state index in [-0.39, 0.29) is 22.5 Å². The van der Waals surface area contributed by atoms with E-state index in [4.69, 9.17) is 33.0 Å². The van der Waals surface area contributed by atoms with Gasteiger partial charge in [-0.3, -0.25) is 0 Å². The maximum atomic E-state index is 12.7. The number of halogens is 2. The Balaban J connectivity index is 1.53. The van der Waals surface area contributed by atoms with Gasteiger partial charge in [-0.1, -0.05) is 62.2 Å². The second-order valence-electron chi connectivity index (χ2n) is 9.30. The van der Waals surface area contributed by atoms with Gasteiger partial charge in [-0.25, -0.2) is 9.48 Å². The first-order valence-electron chi connectivity index (χ1n) is 10.5. The fourth-order valence-electron chi connectivity index (χ4n) is 5.53. The summed E-state index contributed by atoms with van der Waals surface area (Å²) in [6.45, 7) is 7.17. The van der Waals surface area contributed by atoms with Crippen molar-refractivity contribution in [3.05, 3.63) is 81.1 Å². The summed E-state index contributed by atoms with van der Waals surface area (Å²) < 4.78 is 7.74. The molecule has 2 atom stereocenters. The highest BCUT2D eigenvalue weighted by Crippen LogP contribution is 2.68. The smallest absolute Gasteiger partial charge is 0.340 e. The van der Waals surface area contributed by atoms with Crippen LogP contribution in [0.3, 0.4) is 0 Å². The van der Waals surface area contributed by atoms with Crippen LogP contribution in [0.4, 0.5) is 0 Å². The summed E-state index contributed by atoms with van der Waals surface area (Å²) >= 11 is 12.1. The summed E-state index contributed by atoms with van der Waals surface area (Å²) in [6, 6.07) is 14.9. The number of carbonyl (C=O) groups is 1. The number of carbonyl (C=O) groups excluding carboxylic acids is 1. The van der Waals surface area contributed by atoms with Crippen molar-refractivity contribution in [2.75, 3.05) is 0 Å². The minimum absolute atomic E-state index is 0.0254. The van der Waals surface area contributed by atoms with Crippen LogP contribution in [0.15, 0.2) is 48.5 Å². The molecule has 2 aromatic carbocycles. The van der Waals surface area contributed by atoms with Crippen molar-refractivity contribution < 1.29 is 9.53 Å². The zero-order valence-electron chi connectivity index (χ0n) is 17.8. The average Bonchev–Trinajstić information content (AvgIpc) is 3.28. The fourth-order valence-corrected chi connectivity index (χ4v) is 6.02. The molecule has 0 amide bonds. The molecule has 1 saturated carbocycles. The lowest BCUT2D eigenvalue weighted by Crippen LogP contribution is -2.33. The van der Waals surface area contributed by atoms with E-state index >= 15 is 0 Å². The van der Waals surface area contributed by atoms with Crippen LogP contribution in [-0.4, -0.2) is 15.7 Å². The summed E-state index contributed by atoms with van der Waals surface area (Å²) in [4.78, 5) is 12.7. The van der Waals surface area contributed by atoms with Crippen LogP contribution in [0.2, 0.25) is 10.0 Å². The molecular weight excluding hydrogens is 431 g/mol. The van der Waals surface area contributed by atoms with Gasteiger partial charge in [-0.2, -0.15) is 5.10 Å². The highest BCUT2D eigenvalue weighted by Gasteiger charge is 2.62. The Kier molecular flexibility index (Phi) is 4.72. The maximum absolute atomic E-state index is 12.7. The van der Waals surface area contributed by atoms with Gasteiger partial charge in [0.05, 0.1) is 22.0 Å². The predicted octanol–water partition coefficient (Wildman–Crippen LogP) is 6.71. The molecule has 0 saturated heterocycles. The molecular formula is C25H24Cl2N2O2. The van der Waals surface area contributed by atoms with E-state index < -0.39 is 5.97 Å². The topological polar surface area (TPSA) is 44.1 Å². The highest BCUT2D eigenvalue weighted by atomic mass is 35.5. The number of para-hydroxylation sites is 1. The van der Waals surface area contributed by atoms with Crippen LogP contribution in [-0.2, 0) is 16.8 Å². The molecule has 1 heterocycles. The molecule has 3 aromatic rings. The predicted molar refractivity (Wildman–Crippen MR) is 122 cm³/mol. The summed E-state index contributed by atoms with van der Waals surface area (Å²) in [7, 11) is 0. The second kappa shape index (κ2) is 7.11. The number of aromatic nitrogens is 2. The van der Waals surface area contributed by atoms with Crippen LogP contribution in [0, 0.1) is 5.41 Å². The average molecular weight is 455 g/mol. The molecule has 2 aliphatic carbocycles. The van der Waals surface area contributed by atoms with Crippen molar-refractivity contribution >= 4 is 29.2 Å². The molecule has 6 heteroatoms. The van der Waals surface area contributed by atoms with Crippen LogP contribution < -0.4 is 0 Å². The minimum Gasteiger partial charge on any atom is -0.455 e. The first-order valence-corrected chi connectivity index (χ1v) is 11.3. The van der Waals surface area contributed by atoms with E-state index in [1.54, 1.807) is 18.2 Å². The number of ether oxygens (including phenoxy) is 1. The first kappa shape index (κ1) is 20.6. The van der Waals surface area contributed by atoms with Crippen LogP contribution >= 0.6 is 23.2 Å². The molecule has 0 aliphatic heterocycles. The van der Waals surface area contributed by atoms with E-state index in [2.05, 4.69) is 37.6 Å². The number of fused-ring (bicyclic) bond motifs is 5. The zero-order valence-corrected chi connectivity index (χ0v) is 19.3. The van der Waals surface area contributed by atoms with Crippen LogP contribution in [0.5, 0.6) is 0 Å². The maximum Gasteiger partial charge on any atom is 0.340 e. The van der Waals surface area contributed by atoms with Crippen LogP contribution in [0.1, 0.15) is 66.8 Å². The van der Waals surface area contributed by atoms with Gasteiger partial charge >= 0.3 is 5.97 Å². The Bertz CT molecular complexity index is 1190. The van der Waals surface area contributed by atoms with Gasteiger partial charge in [0.15, 0.2) is 0 Å². The summed E-state index contributed by atoms with van der Waals surface area (Å²) in [5, 5.41) is 5.70. The van der Waals surface area contributed by atoms with Crippen molar-refractivity contribution in [3.8, 4) is 5.69 Å². The molecule has 5 rings (SSSR count). The molecule has 160 valence electrons. The molecule has 4 nitrogen and oxygen atoms in total. The summed E-state index contributed by atoms with van der Waals surface area (Å²) in [5.41, 5.74) is 4.82. The largest absolute Gasteiger partial charge is 0.455 e. The Morgan fingerprint density at radius 3 is 2.61 bits per heavy atom. The Morgan fingerprint density at radius 2 is 1.90 bits per heavy atom. The Hall–Kier alpha value is -2.30. The fraction of sp³-hybridized carbons (Fsp3) is 0.360. The summed E-state index contributed by atoms with van der Waals surface area (Å²) in [6.07, 6.45) is 2.26. The lowest BCUT2D eigenvalue weighted by molar-refractivity contribution is 0.0465. The van der Waals surface area contributed by atoms with Gasteiger partial charge in [-0.15, -0.1) is 0 Å². The lowest BCUT2D eigenvalue weighted by atomic mass is 9.70. The zero-order chi connectivity index (χ0) is 22.0. The van der Waals surface area contributed by atoms with Gasteiger partial charge < -0.3 is 4.74 Å². The first-order chi connectivity index (χ1) is 14.7. The highest BCUT2D eigenvalue weighted by molar-refractivity contribution is 6.36. The molecule has 2 bridgehead atoms. The van der Waals surface area contributed by atoms with Gasteiger partial charge in [0.25, 0.3) is 0 Å². The third-order valence-corrected chi connectivity index (χ3v) is 8.14. The summed E-state index contributed by atoms with van der Waals surface area (Å²) in [5.74, 6) is -0.0731. The van der Waals surface area contributed by atoms with E-state index in [1.165, 1.54) is 11.3 Å². The number of hydrogen-bond donors (Lipinski definition) is 0. The number of esters is 1. The molecule has 1 aromatic heterocycles. The Morgan fingerprint density at radius 1 is 1.16 bits per heavy atom. The van der Waals surface area contributed by atoms with E-state index in [9.17, 15) is 4.79 Å². The molecule has 2 unspecified atom stereocenters. The molecule has 31 heavy (non-hydrogen) atoms. The minimum atomic E-state index is -0.474. The quantitative estimate of drug-likeness (QED) is 0.411. The van der Waals surface area contributed by atoms with Gasteiger partial charge in [0.2, 0.25) is 0 Å².